The molecule has 0 aromatic heterocycles. The van der Waals surface area contributed by atoms with Crippen LogP contribution in [-0.2, 0) is 0 Å². The summed E-state index contributed by atoms with van der Waals surface area (Å²) in [6.07, 6.45) is 1.93. The topological polar surface area (TPSA) is 0 Å². The third-order valence-corrected chi connectivity index (χ3v) is 1.21. The molecule has 0 heterocycles. The fraction of sp³-hybridized carbons (Fsp3) is 0.714. The van der Waals surface area contributed by atoms with Gasteiger partial charge in [0.05, 0.1) is 5.83 Å². The van der Waals surface area contributed by atoms with Crippen molar-refractivity contribution in [3.05, 3.63) is 11.4 Å². The Morgan fingerprint density at radius 3 is 2.00 bits per heavy atom. The van der Waals surface area contributed by atoms with Crippen molar-refractivity contribution in [3.8, 4) is 0 Å². The van der Waals surface area contributed by atoms with Crippen molar-refractivity contribution >= 4 is 0 Å². The van der Waals surface area contributed by atoms with Gasteiger partial charge in [-0.05, 0) is 25.8 Å². The number of hydrogen-bond acceptors (Lipinski definition) is 0. The molecule has 1 heteroatoms. The van der Waals surface area contributed by atoms with Gasteiger partial charge in [0.2, 0.25) is 0 Å². The minimum atomic E-state index is -0.0214. The third kappa shape index (κ3) is 2.78. The van der Waals surface area contributed by atoms with Crippen LogP contribution in [0.5, 0.6) is 0 Å². The van der Waals surface area contributed by atoms with Gasteiger partial charge in [-0.25, -0.2) is 4.39 Å². The fourth-order valence-electron chi connectivity index (χ4n) is 0.547. The van der Waals surface area contributed by atoms with Gasteiger partial charge in [0.25, 0.3) is 0 Å². The molecule has 0 fully saturated rings. The van der Waals surface area contributed by atoms with Gasteiger partial charge in [-0.3, -0.25) is 0 Å². The van der Waals surface area contributed by atoms with E-state index in [9.17, 15) is 4.39 Å². The minimum Gasteiger partial charge on any atom is -0.212 e. The van der Waals surface area contributed by atoms with E-state index >= 15 is 0 Å². The van der Waals surface area contributed by atoms with E-state index in [4.69, 9.17) is 0 Å². The van der Waals surface area contributed by atoms with Crippen molar-refractivity contribution in [3.63, 3.8) is 0 Å². The lowest BCUT2D eigenvalue weighted by Crippen LogP contribution is -1.76. The molecule has 48 valence electrons. The summed E-state index contributed by atoms with van der Waals surface area (Å²) < 4.78 is 12.2. The van der Waals surface area contributed by atoms with Crippen molar-refractivity contribution in [2.75, 3.05) is 0 Å². The lowest BCUT2D eigenvalue weighted by Gasteiger charge is -1.94. The Hall–Kier alpha value is -0.330. The minimum absolute atomic E-state index is 0.0214. The monoisotopic (exact) mass is 116 g/mol. The van der Waals surface area contributed by atoms with E-state index in [1.165, 1.54) is 6.92 Å². The van der Waals surface area contributed by atoms with Crippen LogP contribution in [0.15, 0.2) is 11.4 Å². The standard InChI is InChI=1S/C7H13F/c1-4-5-6(2)7(3)8/h4-5H2,1-3H3/b7-6+. The van der Waals surface area contributed by atoms with Gasteiger partial charge in [0.1, 0.15) is 0 Å². The Labute approximate surface area is 50.4 Å². The zero-order chi connectivity index (χ0) is 6.57. The Bertz CT molecular complexity index is 88.6. The first-order valence-electron chi connectivity index (χ1n) is 3.00. The van der Waals surface area contributed by atoms with E-state index in [2.05, 4.69) is 0 Å². The first-order valence-corrected chi connectivity index (χ1v) is 3.00. The second kappa shape index (κ2) is 3.65. The van der Waals surface area contributed by atoms with E-state index in [0.29, 0.717) is 0 Å². The molecule has 0 amide bonds. The van der Waals surface area contributed by atoms with Crippen molar-refractivity contribution in [1.82, 2.24) is 0 Å². The smallest absolute Gasteiger partial charge is 0.0957 e. The zero-order valence-corrected chi connectivity index (χ0v) is 5.79. The molecule has 0 N–H and O–H groups in total. The Morgan fingerprint density at radius 1 is 1.38 bits per heavy atom. The molecule has 0 rings (SSSR count). The van der Waals surface area contributed by atoms with Crippen LogP contribution in [0.3, 0.4) is 0 Å². The van der Waals surface area contributed by atoms with Gasteiger partial charge in [0.15, 0.2) is 0 Å². The SMILES string of the molecule is CCC/C(C)=C(\C)F. The van der Waals surface area contributed by atoms with E-state index in [-0.39, 0.29) is 5.83 Å². The van der Waals surface area contributed by atoms with Crippen molar-refractivity contribution in [2.45, 2.75) is 33.6 Å². The highest BCUT2D eigenvalue weighted by molar-refractivity contribution is 5.01. The fourth-order valence-corrected chi connectivity index (χ4v) is 0.547. The van der Waals surface area contributed by atoms with Gasteiger partial charge in [0, 0.05) is 0 Å². The van der Waals surface area contributed by atoms with E-state index in [0.717, 1.165) is 18.4 Å². The number of allylic oxidation sites excluding steroid dienone is 2. The van der Waals surface area contributed by atoms with E-state index in [1.54, 1.807) is 0 Å². The average Bonchev–Trinajstić information content (AvgIpc) is 1.67. The van der Waals surface area contributed by atoms with Gasteiger partial charge in [-0.1, -0.05) is 13.3 Å². The normalized spacial score (nSPS) is 13.5. The highest BCUT2D eigenvalue weighted by atomic mass is 19.1. The molecule has 0 aliphatic rings. The largest absolute Gasteiger partial charge is 0.212 e. The molecule has 0 aromatic rings. The molecule has 0 radical (unpaired) electrons. The molecule has 0 atom stereocenters. The predicted octanol–water partition coefficient (Wildman–Crippen LogP) is 3.05. The van der Waals surface area contributed by atoms with Crippen LogP contribution in [0.25, 0.3) is 0 Å². The summed E-state index contributed by atoms with van der Waals surface area (Å²) in [6.45, 7) is 5.39. The van der Waals surface area contributed by atoms with Crippen molar-refractivity contribution < 1.29 is 4.39 Å². The highest BCUT2D eigenvalue weighted by Gasteiger charge is 1.90. The molecule has 0 aromatic carbocycles. The Morgan fingerprint density at radius 2 is 1.88 bits per heavy atom. The van der Waals surface area contributed by atoms with Crippen LogP contribution >= 0.6 is 0 Å². The number of rotatable bonds is 2. The Balaban J connectivity index is 3.62. The highest BCUT2D eigenvalue weighted by Crippen LogP contribution is 2.09. The lowest BCUT2D eigenvalue weighted by molar-refractivity contribution is 0.617. The summed E-state index contributed by atoms with van der Waals surface area (Å²) in [5.74, 6) is -0.0214. The maximum atomic E-state index is 12.2. The average molecular weight is 116 g/mol. The lowest BCUT2D eigenvalue weighted by atomic mass is 10.2. The maximum absolute atomic E-state index is 12.2. The molecule has 0 saturated carbocycles. The van der Waals surface area contributed by atoms with Gasteiger partial charge >= 0.3 is 0 Å². The van der Waals surface area contributed by atoms with Crippen molar-refractivity contribution in [2.24, 2.45) is 0 Å². The van der Waals surface area contributed by atoms with Crippen LogP contribution in [0, 0.1) is 0 Å². The van der Waals surface area contributed by atoms with Crippen LogP contribution in [-0.4, -0.2) is 0 Å². The molecular weight excluding hydrogens is 103 g/mol. The molecule has 8 heavy (non-hydrogen) atoms. The molecule has 0 saturated heterocycles. The van der Waals surface area contributed by atoms with Crippen LogP contribution in [0.1, 0.15) is 33.6 Å². The Kier molecular flexibility index (Phi) is 3.49. The van der Waals surface area contributed by atoms with Crippen LogP contribution in [0.4, 0.5) is 4.39 Å². The zero-order valence-electron chi connectivity index (χ0n) is 5.79. The summed E-state index contributed by atoms with van der Waals surface area (Å²) in [5, 5.41) is 0. The maximum Gasteiger partial charge on any atom is 0.0957 e. The quantitative estimate of drug-likeness (QED) is 0.520. The summed E-state index contributed by atoms with van der Waals surface area (Å²) in [7, 11) is 0. The predicted molar refractivity (Wildman–Crippen MR) is 34.4 cm³/mol. The number of halogens is 1. The third-order valence-electron chi connectivity index (χ3n) is 1.21. The van der Waals surface area contributed by atoms with Crippen LogP contribution in [0.2, 0.25) is 0 Å². The van der Waals surface area contributed by atoms with Gasteiger partial charge < -0.3 is 0 Å². The summed E-state index contributed by atoms with van der Waals surface area (Å²) in [6, 6.07) is 0. The van der Waals surface area contributed by atoms with E-state index < -0.39 is 0 Å². The van der Waals surface area contributed by atoms with Gasteiger partial charge in [-0.2, -0.15) is 0 Å². The van der Waals surface area contributed by atoms with Crippen molar-refractivity contribution in [1.29, 1.82) is 0 Å². The van der Waals surface area contributed by atoms with E-state index in [1.807, 2.05) is 13.8 Å². The second-order valence-electron chi connectivity index (χ2n) is 2.06. The summed E-state index contributed by atoms with van der Waals surface area (Å²) >= 11 is 0. The first-order chi connectivity index (χ1) is 3.68. The molecule has 0 aliphatic heterocycles. The molecule has 0 bridgehead atoms. The molecular formula is C7H13F. The second-order valence-corrected chi connectivity index (χ2v) is 2.06. The summed E-state index contributed by atoms with van der Waals surface area (Å²) in [4.78, 5) is 0. The first kappa shape index (κ1) is 7.67. The van der Waals surface area contributed by atoms with Crippen LogP contribution < -0.4 is 0 Å². The molecule has 0 nitrogen and oxygen atoms in total. The number of hydrogen-bond donors (Lipinski definition) is 0. The molecule has 0 unspecified atom stereocenters. The van der Waals surface area contributed by atoms with Gasteiger partial charge in [-0.15, -0.1) is 0 Å². The molecule has 0 spiro atoms. The summed E-state index contributed by atoms with van der Waals surface area (Å²) in [5.41, 5.74) is 0.882. The molecule has 0 aliphatic carbocycles.